The summed E-state index contributed by atoms with van der Waals surface area (Å²) in [5.74, 6) is 0.342. The van der Waals surface area contributed by atoms with E-state index in [9.17, 15) is 5.11 Å². The third-order valence-corrected chi connectivity index (χ3v) is 4.38. The van der Waals surface area contributed by atoms with Gasteiger partial charge in [0.15, 0.2) is 0 Å². The molecule has 2 rings (SSSR count). The van der Waals surface area contributed by atoms with E-state index < -0.39 is 0 Å². The van der Waals surface area contributed by atoms with Gasteiger partial charge in [-0.3, -0.25) is 4.90 Å². The number of phenols is 1. The Labute approximate surface area is 116 Å². The van der Waals surface area contributed by atoms with Crippen LogP contribution in [0.1, 0.15) is 45.2 Å². The van der Waals surface area contributed by atoms with Gasteiger partial charge in [-0.2, -0.15) is 0 Å². The van der Waals surface area contributed by atoms with E-state index in [1.165, 1.54) is 18.4 Å². The minimum absolute atomic E-state index is 0.342. The summed E-state index contributed by atoms with van der Waals surface area (Å²) in [6.45, 7) is 8.96. The van der Waals surface area contributed by atoms with E-state index in [1.807, 2.05) is 12.1 Å². The van der Waals surface area contributed by atoms with Crippen molar-refractivity contribution >= 4 is 0 Å². The molecule has 1 fully saturated rings. The monoisotopic (exact) mass is 262 g/mol. The highest BCUT2D eigenvalue weighted by Crippen LogP contribution is 2.27. The van der Waals surface area contributed by atoms with Crippen LogP contribution >= 0.6 is 0 Å². The van der Waals surface area contributed by atoms with Gasteiger partial charge in [0.2, 0.25) is 0 Å². The molecule has 3 heteroatoms. The van der Waals surface area contributed by atoms with Crippen molar-refractivity contribution in [3.05, 3.63) is 29.8 Å². The molecule has 19 heavy (non-hydrogen) atoms. The SMILES string of the molecule is CCC1CN(C(C)c2ccc(O)cc2)C(CC)CN1. The minimum Gasteiger partial charge on any atom is -0.508 e. The number of rotatable bonds is 4. The van der Waals surface area contributed by atoms with Crippen LogP contribution in [-0.2, 0) is 0 Å². The topological polar surface area (TPSA) is 35.5 Å². The zero-order valence-corrected chi connectivity index (χ0v) is 12.3. The third kappa shape index (κ3) is 3.28. The van der Waals surface area contributed by atoms with Crippen LogP contribution in [0.2, 0.25) is 0 Å². The van der Waals surface area contributed by atoms with Crippen LogP contribution in [0, 0.1) is 0 Å². The van der Waals surface area contributed by atoms with Crippen molar-refractivity contribution in [3.63, 3.8) is 0 Å². The molecule has 0 aromatic heterocycles. The number of phenolic OH excluding ortho intramolecular Hbond substituents is 1. The van der Waals surface area contributed by atoms with E-state index in [0.717, 1.165) is 13.1 Å². The molecule has 3 nitrogen and oxygen atoms in total. The molecule has 1 heterocycles. The predicted molar refractivity (Wildman–Crippen MR) is 79.4 cm³/mol. The van der Waals surface area contributed by atoms with Gasteiger partial charge in [-0.15, -0.1) is 0 Å². The zero-order chi connectivity index (χ0) is 13.8. The lowest BCUT2D eigenvalue weighted by Crippen LogP contribution is -2.56. The molecule has 0 bridgehead atoms. The molecule has 0 amide bonds. The van der Waals surface area contributed by atoms with Crippen molar-refractivity contribution in [2.75, 3.05) is 13.1 Å². The molecule has 1 saturated heterocycles. The highest BCUT2D eigenvalue weighted by molar-refractivity contribution is 5.28. The smallest absolute Gasteiger partial charge is 0.115 e. The fourth-order valence-electron chi connectivity index (χ4n) is 2.96. The summed E-state index contributed by atoms with van der Waals surface area (Å²) in [6.07, 6.45) is 2.35. The van der Waals surface area contributed by atoms with Crippen LogP contribution in [0.4, 0.5) is 0 Å². The maximum atomic E-state index is 9.40. The Balaban J connectivity index is 2.14. The maximum absolute atomic E-state index is 9.40. The van der Waals surface area contributed by atoms with Crippen molar-refractivity contribution in [1.29, 1.82) is 0 Å². The number of hydrogen-bond acceptors (Lipinski definition) is 3. The van der Waals surface area contributed by atoms with Crippen molar-refractivity contribution in [2.24, 2.45) is 0 Å². The molecule has 1 aromatic rings. The molecule has 0 saturated carbocycles. The Morgan fingerprint density at radius 2 is 1.95 bits per heavy atom. The normalized spacial score (nSPS) is 26.3. The molecule has 1 aliphatic rings. The standard InChI is InChI=1S/C16H26N2O/c1-4-14-11-18(15(5-2)10-17-14)12(3)13-6-8-16(19)9-7-13/h6-9,12,14-15,17,19H,4-5,10-11H2,1-3H3. The first-order valence-electron chi connectivity index (χ1n) is 7.43. The number of aromatic hydroxyl groups is 1. The Hall–Kier alpha value is -1.06. The lowest BCUT2D eigenvalue weighted by Gasteiger charge is -2.43. The summed E-state index contributed by atoms with van der Waals surface area (Å²) in [6, 6.07) is 9.25. The van der Waals surface area contributed by atoms with Crippen LogP contribution in [0.5, 0.6) is 5.75 Å². The molecular formula is C16H26N2O. The van der Waals surface area contributed by atoms with Crippen LogP contribution in [0.3, 0.4) is 0 Å². The summed E-state index contributed by atoms with van der Waals surface area (Å²) in [5, 5.41) is 13.0. The molecule has 0 aliphatic carbocycles. The second-order valence-corrected chi connectivity index (χ2v) is 5.54. The van der Waals surface area contributed by atoms with Gasteiger partial charge in [0.25, 0.3) is 0 Å². The van der Waals surface area contributed by atoms with E-state index in [1.54, 1.807) is 12.1 Å². The highest BCUT2D eigenvalue weighted by atomic mass is 16.3. The van der Waals surface area contributed by atoms with Gasteiger partial charge in [-0.05, 0) is 37.5 Å². The van der Waals surface area contributed by atoms with Crippen molar-refractivity contribution in [3.8, 4) is 5.75 Å². The third-order valence-electron chi connectivity index (χ3n) is 4.38. The summed E-state index contributed by atoms with van der Waals surface area (Å²) in [4.78, 5) is 2.61. The molecule has 106 valence electrons. The number of nitrogens with zero attached hydrogens (tertiary/aromatic N) is 1. The first-order chi connectivity index (χ1) is 9.15. The number of piperazine rings is 1. The summed E-state index contributed by atoms with van der Waals surface area (Å²) in [7, 11) is 0. The van der Waals surface area contributed by atoms with Gasteiger partial charge < -0.3 is 10.4 Å². The van der Waals surface area contributed by atoms with Gasteiger partial charge in [-0.25, -0.2) is 0 Å². The second kappa shape index (κ2) is 6.40. The van der Waals surface area contributed by atoms with Crippen LogP contribution < -0.4 is 5.32 Å². The molecule has 0 spiro atoms. The molecule has 0 radical (unpaired) electrons. The first kappa shape index (κ1) is 14.4. The van der Waals surface area contributed by atoms with E-state index in [2.05, 4.69) is 31.0 Å². The highest BCUT2D eigenvalue weighted by Gasteiger charge is 2.29. The van der Waals surface area contributed by atoms with Crippen LogP contribution in [-0.4, -0.2) is 35.2 Å². The lowest BCUT2D eigenvalue weighted by molar-refractivity contribution is 0.0850. The molecular weight excluding hydrogens is 236 g/mol. The molecule has 3 unspecified atom stereocenters. The van der Waals surface area contributed by atoms with Gasteiger partial charge in [0.1, 0.15) is 5.75 Å². The Bertz CT molecular complexity index is 390. The van der Waals surface area contributed by atoms with Crippen molar-refractivity contribution in [1.82, 2.24) is 10.2 Å². The number of hydrogen-bond donors (Lipinski definition) is 2. The van der Waals surface area contributed by atoms with Crippen molar-refractivity contribution < 1.29 is 5.11 Å². The molecule has 1 aliphatic heterocycles. The number of benzene rings is 1. The molecule has 3 atom stereocenters. The Morgan fingerprint density at radius 1 is 1.26 bits per heavy atom. The van der Waals surface area contributed by atoms with E-state index >= 15 is 0 Å². The van der Waals surface area contributed by atoms with E-state index in [0.29, 0.717) is 23.9 Å². The second-order valence-electron chi connectivity index (χ2n) is 5.54. The number of nitrogens with one attached hydrogen (secondary N) is 1. The van der Waals surface area contributed by atoms with E-state index in [-0.39, 0.29) is 0 Å². The minimum atomic E-state index is 0.342. The summed E-state index contributed by atoms with van der Waals surface area (Å²) < 4.78 is 0. The molecule has 1 aromatic carbocycles. The van der Waals surface area contributed by atoms with E-state index in [4.69, 9.17) is 0 Å². The van der Waals surface area contributed by atoms with Gasteiger partial charge in [0.05, 0.1) is 0 Å². The molecule has 2 N–H and O–H groups in total. The largest absolute Gasteiger partial charge is 0.508 e. The average molecular weight is 262 g/mol. The first-order valence-corrected chi connectivity index (χ1v) is 7.43. The fraction of sp³-hybridized carbons (Fsp3) is 0.625. The summed E-state index contributed by atoms with van der Waals surface area (Å²) in [5.41, 5.74) is 1.29. The Morgan fingerprint density at radius 3 is 2.53 bits per heavy atom. The maximum Gasteiger partial charge on any atom is 0.115 e. The predicted octanol–water partition coefficient (Wildman–Crippen LogP) is 2.92. The van der Waals surface area contributed by atoms with Crippen LogP contribution in [0.25, 0.3) is 0 Å². The van der Waals surface area contributed by atoms with Crippen LogP contribution in [0.15, 0.2) is 24.3 Å². The van der Waals surface area contributed by atoms with Gasteiger partial charge in [0, 0.05) is 31.2 Å². The van der Waals surface area contributed by atoms with Gasteiger partial charge in [-0.1, -0.05) is 26.0 Å². The van der Waals surface area contributed by atoms with Crippen molar-refractivity contribution in [2.45, 2.75) is 51.7 Å². The zero-order valence-electron chi connectivity index (χ0n) is 12.3. The lowest BCUT2D eigenvalue weighted by atomic mass is 9.99. The summed E-state index contributed by atoms with van der Waals surface area (Å²) >= 11 is 0. The average Bonchev–Trinajstić information content (AvgIpc) is 2.46. The van der Waals surface area contributed by atoms with Gasteiger partial charge >= 0.3 is 0 Å². The fourth-order valence-corrected chi connectivity index (χ4v) is 2.96. The Kier molecular flexibility index (Phi) is 4.83. The quantitative estimate of drug-likeness (QED) is 0.876.